The molecule has 9 nitrogen and oxygen atoms in total. The van der Waals surface area contributed by atoms with Crippen molar-refractivity contribution in [2.75, 3.05) is 30.3 Å². The second kappa shape index (κ2) is 14.8. The zero-order valence-electron chi connectivity index (χ0n) is 26.1. The van der Waals surface area contributed by atoms with Crippen molar-refractivity contribution in [1.29, 1.82) is 10.5 Å². The molecule has 0 saturated carbocycles. The van der Waals surface area contributed by atoms with E-state index in [1.54, 1.807) is 6.20 Å². The number of piperidine rings is 1. The molecule has 47 heavy (non-hydrogen) atoms. The lowest BCUT2D eigenvalue weighted by Gasteiger charge is -2.30. The highest BCUT2D eigenvalue weighted by Crippen LogP contribution is 2.38. The van der Waals surface area contributed by atoms with E-state index in [1.165, 1.54) is 0 Å². The number of nitrogens with one attached hydrogen (secondary N) is 2. The fraction of sp³-hybridized carbons (Fsp3) is 0.306. The largest absolute Gasteiger partial charge is 0.377 e. The lowest BCUT2D eigenvalue weighted by molar-refractivity contribution is 0.186. The minimum Gasteiger partial charge on any atom is -0.377 e. The molecule has 2 N–H and O–H groups in total. The number of benzene rings is 3. The van der Waals surface area contributed by atoms with E-state index in [4.69, 9.17) is 28.2 Å². The molecular formula is C36H35Cl2N9. The van der Waals surface area contributed by atoms with Gasteiger partial charge in [-0.15, -0.1) is 5.10 Å². The first-order chi connectivity index (χ1) is 23.0. The molecule has 11 heteroatoms. The number of nitrogens with zero attached hydrogens (tertiary/aromatic N) is 7. The Labute approximate surface area is 284 Å². The number of hydrogen-bond acceptors (Lipinski definition) is 8. The highest BCUT2D eigenvalue weighted by Gasteiger charge is 2.25. The second-order valence-electron chi connectivity index (χ2n) is 11.7. The predicted molar refractivity (Wildman–Crippen MR) is 186 cm³/mol. The van der Waals surface area contributed by atoms with Gasteiger partial charge in [-0.2, -0.15) is 10.5 Å². The Morgan fingerprint density at radius 3 is 2.43 bits per heavy atom. The van der Waals surface area contributed by atoms with Crippen molar-refractivity contribution in [3.8, 4) is 12.1 Å². The Morgan fingerprint density at radius 2 is 1.72 bits per heavy atom. The molecule has 3 aromatic carbocycles. The number of aromatic nitrogens is 4. The van der Waals surface area contributed by atoms with Crippen LogP contribution in [-0.2, 0) is 0 Å². The lowest BCUT2D eigenvalue weighted by Crippen LogP contribution is -2.34. The molecule has 5 aromatic rings. The molecule has 1 saturated heterocycles. The third-order valence-corrected chi connectivity index (χ3v) is 9.30. The Kier molecular flexibility index (Phi) is 10.2. The summed E-state index contributed by atoms with van der Waals surface area (Å²) in [5.41, 5.74) is 5.04. The van der Waals surface area contributed by atoms with Crippen LogP contribution in [0.4, 0.5) is 11.4 Å². The maximum atomic E-state index is 10.1. The maximum Gasteiger partial charge on any atom is 0.109 e. The van der Waals surface area contributed by atoms with E-state index in [1.807, 2.05) is 77.6 Å². The third kappa shape index (κ3) is 7.34. The van der Waals surface area contributed by atoms with E-state index in [-0.39, 0.29) is 18.1 Å². The van der Waals surface area contributed by atoms with Crippen LogP contribution in [0.3, 0.4) is 0 Å². The van der Waals surface area contributed by atoms with Gasteiger partial charge < -0.3 is 15.5 Å². The van der Waals surface area contributed by atoms with Crippen LogP contribution in [0.15, 0.2) is 79.1 Å². The van der Waals surface area contributed by atoms with Crippen molar-refractivity contribution < 1.29 is 0 Å². The predicted octanol–water partition coefficient (Wildman–Crippen LogP) is 8.32. The van der Waals surface area contributed by atoms with Crippen LogP contribution < -0.4 is 10.6 Å². The van der Waals surface area contributed by atoms with Crippen LogP contribution in [0.1, 0.15) is 73.1 Å². The standard InChI is InChI=1S/C36H35Cl2N9/c1-2-46-17-14-29(15-18-46)47-23-33(44-45-47)35(25-10-12-27(37)13-11-25)43-32-20-28(38)19-30-34(26(21-40)22-41-36(30)32)42-31(9-6-16-39)24-7-4-3-5-8-24/h3-5,7-8,10-13,19-20,22-23,29,31,35,43H,2,6,9,14-15,17-18H2,1H3,(H,41,42)/t31-,35+/m1/s1. The van der Waals surface area contributed by atoms with Crippen LogP contribution in [0.5, 0.6) is 0 Å². The monoisotopic (exact) mass is 663 g/mol. The summed E-state index contributed by atoms with van der Waals surface area (Å²) in [5.74, 6) is 0. The number of anilines is 2. The number of fused-ring (bicyclic) bond motifs is 1. The van der Waals surface area contributed by atoms with Crippen molar-refractivity contribution in [2.24, 2.45) is 0 Å². The minimum absolute atomic E-state index is 0.204. The van der Waals surface area contributed by atoms with Crippen LogP contribution in [0.25, 0.3) is 10.9 Å². The molecule has 2 aromatic heterocycles. The van der Waals surface area contributed by atoms with Crippen molar-refractivity contribution in [3.05, 3.63) is 112 Å². The summed E-state index contributed by atoms with van der Waals surface area (Å²) in [6.45, 7) is 5.33. The molecule has 0 radical (unpaired) electrons. The van der Waals surface area contributed by atoms with E-state index in [0.29, 0.717) is 50.7 Å². The Hall–Kier alpha value is -4.67. The van der Waals surface area contributed by atoms with E-state index in [2.05, 4.69) is 44.9 Å². The first-order valence-corrected chi connectivity index (χ1v) is 16.6. The summed E-state index contributed by atoms with van der Waals surface area (Å²) in [4.78, 5) is 7.20. The number of nitriles is 2. The Bertz CT molecular complexity index is 1900. The SMILES string of the molecule is CCN1CCC(n2cc([C@@H](Nc3cc(Cl)cc4c(N[C@H](CCC#N)c5ccccc5)c(C#N)cnc34)c3ccc(Cl)cc3)nn2)CC1. The molecule has 0 unspecified atom stereocenters. The van der Waals surface area contributed by atoms with Gasteiger partial charge in [0.15, 0.2) is 0 Å². The summed E-state index contributed by atoms with van der Waals surface area (Å²) < 4.78 is 1.99. The zero-order chi connectivity index (χ0) is 32.8. The van der Waals surface area contributed by atoms with Crippen LogP contribution in [0.2, 0.25) is 10.0 Å². The Morgan fingerprint density at radius 1 is 0.957 bits per heavy atom. The normalized spacial score (nSPS) is 15.1. The van der Waals surface area contributed by atoms with Gasteiger partial charge in [-0.1, -0.05) is 77.8 Å². The van der Waals surface area contributed by atoms with Gasteiger partial charge in [-0.05, 0) is 61.2 Å². The summed E-state index contributed by atoms with van der Waals surface area (Å²) in [6, 6.07) is 25.5. The first-order valence-electron chi connectivity index (χ1n) is 15.8. The molecule has 3 heterocycles. The first kappa shape index (κ1) is 32.3. The molecule has 2 atom stereocenters. The van der Waals surface area contributed by atoms with E-state index in [0.717, 1.165) is 49.3 Å². The molecule has 238 valence electrons. The van der Waals surface area contributed by atoms with Gasteiger partial charge in [-0.25, -0.2) is 4.68 Å². The molecule has 1 fully saturated rings. The van der Waals surface area contributed by atoms with Crippen molar-refractivity contribution in [2.45, 2.75) is 50.7 Å². The number of likely N-dealkylation sites (tertiary alicyclic amines) is 1. The smallest absolute Gasteiger partial charge is 0.109 e. The molecule has 1 aliphatic heterocycles. The number of pyridine rings is 1. The van der Waals surface area contributed by atoms with Crippen molar-refractivity contribution in [3.63, 3.8) is 0 Å². The number of halogens is 2. The molecule has 0 aliphatic carbocycles. The van der Waals surface area contributed by atoms with Gasteiger partial charge in [0.1, 0.15) is 11.8 Å². The molecular weight excluding hydrogens is 629 g/mol. The van der Waals surface area contributed by atoms with Crippen molar-refractivity contribution >= 4 is 45.5 Å². The molecule has 0 spiro atoms. The van der Waals surface area contributed by atoms with E-state index < -0.39 is 0 Å². The Balaban J connectivity index is 1.39. The van der Waals surface area contributed by atoms with Crippen LogP contribution in [0, 0.1) is 22.7 Å². The average molecular weight is 665 g/mol. The van der Waals surface area contributed by atoms with E-state index >= 15 is 0 Å². The average Bonchev–Trinajstić information content (AvgIpc) is 3.60. The van der Waals surface area contributed by atoms with Gasteiger partial charge >= 0.3 is 0 Å². The zero-order valence-corrected chi connectivity index (χ0v) is 27.6. The molecule has 0 amide bonds. The topological polar surface area (TPSA) is 118 Å². The van der Waals surface area contributed by atoms with Crippen molar-refractivity contribution in [1.82, 2.24) is 24.9 Å². The fourth-order valence-corrected chi connectivity index (χ4v) is 6.59. The minimum atomic E-state index is -0.389. The highest BCUT2D eigenvalue weighted by atomic mass is 35.5. The summed E-state index contributed by atoms with van der Waals surface area (Å²) in [5, 5.41) is 37.7. The number of hydrogen-bond donors (Lipinski definition) is 2. The van der Waals surface area contributed by atoms with Gasteiger partial charge in [0.05, 0.1) is 52.8 Å². The summed E-state index contributed by atoms with van der Waals surface area (Å²) in [6.07, 6.45) is 6.56. The third-order valence-electron chi connectivity index (χ3n) is 8.83. The van der Waals surface area contributed by atoms with Gasteiger partial charge in [0, 0.05) is 41.1 Å². The molecule has 6 rings (SSSR count). The second-order valence-corrected chi connectivity index (χ2v) is 12.6. The van der Waals surface area contributed by atoms with Gasteiger partial charge in [0.2, 0.25) is 0 Å². The summed E-state index contributed by atoms with van der Waals surface area (Å²) in [7, 11) is 0. The fourth-order valence-electron chi connectivity index (χ4n) is 6.25. The van der Waals surface area contributed by atoms with Gasteiger partial charge in [-0.3, -0.25) is 4.98 Å². The van der Waals surface area contributed by atoms with Crippen LogP contribution in [-0.4, -0.2) is 44.5 Å². The molecule has 0 bridgehead atoms. The maximum absolute atomic E-state index is 10.1. The lowest BCUT2D eigenvalue weighted by atomic mass is 10.00. The van der Waals surface area contributed by atoms with Gasteiger partial charge in [0.25, 0.3) is 0 Å². The highest BCUT2D eigenvalue weighted by molar-refractivity contribution is 6.32. The number of rotatable bonds is 11. The van der Waals surface area contributed by atoms with Crippen LogP contribution >= 0.6 is 23.2 Å². The molecule has 1 aliphatic rings. The summed E-state index contributed by atoms with van der Waals surface area (Å²) >= 11 is 13.1. The quantitative estimate of drug-likeness (QED) is 0.145. The van der Waals surface area contributed by atoms with E-state index in [9.17, 15) is 10.5 Å².